The van der Waals surface area contributed by atoms with Gasteiger partial charge in [-0.3, -0.25) is 0 Å². The van der Waals surface area contributed by atoms with Crippen molar-refractivity contribution in [1.82, 2.24) is 0 Å². The summed E-state index contributed by atoms with van der Waals surface area (Å²) in [4.78, 5) is 0. The SMILES string of the molecule is Cc1cccc(CN)c1Cc1ccccc1. The lowest BCUT2D eigenvalue weighted by Gasteiger charge is -2.11. The molecule has 82 valence electrons. The normalized spacial score (nSPS) is 10.4. The van der Waals surface area contributed by atoms with E-state index in [1.54, 1.807) is 0 Å². The summed E-state index contributed by atoms with van der Waals surface area (Å²) >= 11 is 0. The molecule has 0 saturated carbocycles. The van der Waals surface area contributed by atoms with E-state index in [1.165, 1.54) is 22.3 Å². The van der Waals surface area contributed by atoms with Gasteiger partial charge in [0.1, 0.15) is 0 Å². The second-order valence-corrected chi connectivity index (χ2v) is 4.08. The van der Waals surface area contributed by atoms with Gasteiger partial charge in [0, 0.05) is 6.54 Å². The van der Waals surface area contributed by atoms with Crippen molar-refractivity contribution in [1.29, 1.82) is 0 Å². The molecule has 0 bridgehead atoms. The molecule has 2 aromatic carbocycles. The first-order valence-corrected chi connectivity index (χ1v) is 5.62. The number of aryl methyl sites for hydroxylation is 1. The number of hydrogen-bond donors (Lipinski definition) is 1. The minimum Gasteiger partial charge on any atom is -0.326 e. The molecule has 0 aromatic heterocycles. The lowest BCUT2D eigenvalue weighted by molar-refractivity contribution is 1.01. The van der Waals surface area contributed by atoms with Crippen LogP contribution >= 0.6 is 0 Å². The smallest absolute Gasteiger partial charge is 0.0181 e. The summed E-state index contributed by atoms with van der Waals surface area (Å²) in [6.45, 7) is 2.77. The molecule has 2 aromatic rings. The standard InChI is InChI=1S/C15H17N/c1-12-6-5-9-14(11-16)15(12)10-13-7-3-2-4-8-13/h2-9H,10-11,16H2,1H3. The summed E-state index contributed by atoms with van der Waals surface area (Å²) in [7, 11) is 0. The zero-order valence-electron chi connectivity index (χ0n) is 9.61. The van der Waals surface area contributed by atoms with E-state index in [-0.39, 0.29) is 0 Å². The van der Waals surface area contributed by atoms with E-state index in [0.29, 0.717) is 6.54 Å². The van der Waals surface area contributed by atoms with Gasteiger partial charge in [-0.2, -0.15) is 0 Å². The zero-order valence-corrected chi connectivity index (χ0v) is 9.61. The van der Waals surface area contributed by atoms with Crippen LogP contribution in [-0.4, -0.2) is 0 Å². The van der Waals surface area contributed by atoms with E-state index in [1.807, 2.05) is 6.07 Å². The van der Waals surface area contributed by atoms with Crippen molar-refractivity contribution in [2.45, 2.75) is 19.9 Å². The van der Waals surface area contributed by atoms with Gasteiger partial charge in [0.15, 0.2) is 0 Å². The molecule has 2 rings (SSSR count). The molecule has 0 aliphatic rings. The van der Waals surface area contributed by atoms with Crippen molar-refractivity contribution in [2.24, 2.45) is 5.73 Å². The maximum absolute atomic E-state index is 5.77. The van der Waals surface area contributed by atoms with Crippen molar-refractivity contribution in [2.75, 3.05) is 0 Å². The van der Waals surface area contributed by atoms with Crippen LogP contribution in [0.3, 0.4) is 0 Å². The minimum atomic E-state index is 0.615. The Morgan fingerprint density at radius 1 is 0.938 bits per heavy atom. The van der Waals surface area contributed by atoms with E-state index in [0.717, 1.165) is 6.42 Å². The zero-order chi connectivity index (χ0) is 11.4. The monoisotopic (exact) mass is 211 g/mol. The van der Waals surface area contributed by atoms with E-state index in [2.05, 4.69) is 49.4 Å². The van der Waals surface area contributed by atoms with E-state index >= 15 is 0 Å². The van der Waals surface area contributed by atoms with Gasteiger partial charge in [-0.25, -0.2) is 0 Å². The molecule has 0 radical (unpaired) electrons. The Bertz CT molecular complexity index is 460. The van der Waals surface area contributed by atoms with E-state index in [4.69, 9.17) is 5.73 Å². The second-order valence-electron chi connectivity index (χ2n) is 4.08. The molecule has 0 spiro atoms. The summed E-state index contributed by atoms with van der Waals surface area (Å²) in [5.74, 6) is 0. The maximum Gasteiger partial charge on any atom is 0.0181 e. The Hall–Kier alpha value is -1.60. The van der Waals surface area contributed by atoms with Crippen LogP contribution in [0.5, 0.6) is 0 Å². The Labute approximate surface area is 96.9 Å². The van der Waals surface area contributed by atoms with Gasteiger partial charge in [0.2, 0.25) is 0 Å². The van der Waals surface area contributed by atoms with Gasteiger partial charge >= 0.3 is 0 Å². The van der Waals surface area contributed by atoms with Crippen molar-refractivity contribution in [3.8, 4) is 0 Å². The highest BCUT2D eigenvalue weighted by molar-refractivity contribution is 5.38. The predicted molar refractivity (Wildman–Crippen MR) is 68.3 cm³/mol. The highest BCUT2D eigenvalue weighted by Gasteiger charge is 2.04. The van der Waals surface area contributed by atoms with Crippen LogP contribution < -0.4 is 5.73 Å². The molecule has 0 heterocycles. The fourth-order valence-corrected chi connectivity index (χ4v) is 2.01. The largest absolute Gasteiger partial charge is 0.326 e. The lowest BCUT2D eigenvalue weighted by atomic mass is 9.95. The van der Waals surface area contributed by atoms with Crippen molar-refractivity contribution in [3.05, 3.63) is 70.8 Å². The van der Waals surface area contributed by atoms with Gasteiger partial charge < -0.3 is 5.73 Å². The first-order chi connectivity index (χ1) is 7.81. The number of benzene rings is 2. The third-order valence-corrected chi connectivity index (χ3v) is 2.95. The Morgan fingerprint density at radius 2 is 1.69 bits per heavy atom. The van der Waals surface area contributed by atoms with E-state index < -0.39 is 0 Å². The second kappa shape index (κ2) is 4.95. The predicted octanol–water partition coefficient (Wildman–Crippen LogP) is 3.04. The van der Waals surface area contributed by atoms with Crippen LogP contribution in [0.25, 0.3) is 0 Å². The van der Waals surface area contributed by atoms with Crippen LogP contribution in [0.1, 0.15) is 22.3 Å². The Balaban J connectivity index is 2.34. The van der Waals surface area contributed by atoms with Crippen LogP contribution in [0.15, 0.2) is 48.5 Å². The molecular weight excluding hydrogens is 194 g/mol. The van der Waals surface area contributed by atoms with Crippen molar-refractivity contribution < 1.29 is 0 Å². The fourth-order valence-electron chi connectivity index (χ4n) is 2.01. The molecule has 2 N–H and O–H groups in total. The summed E-state index contributed by atoms with van der Waals surface area (Å²) in [6.07, 6.45) is 0.972. The average Bonchev–Trinajstić information content (AvgIpc) is 2.33. The Morgan fingerprint density at radius 3 is 2.38 bits per heavy atom. The molecule has 0 amide bonds. The highest BCUT2D eigenvalue weighted by Crippen LogP contribution is 2.18. The highest BCUT2D eigenvalue weighted by atomic mass is 14.5. The summed E-state index contributed by atoms with van der Waals surface area (Å²) in [5.41, 5.74) is 11.1. The quantitative estimate of drug-likeness (QED) is 0.829. The lowest BCUT2D eigenvalue weighted by Crippen LogP contribution is -2.04. The van der Waals surface area contributed by atoms with Gasteiger partial charge in [0.05, 0.1) is 0 Å². The third-order valence-electron chi connectivity index (χ3n) is 2.95. The molecule has 0 fully saturated rings. The van der Waals surface area contributed by atoms with Crippen LogP contribution in [-0.2, 0) is 13.0 Å². The minimum absolute atomic E-state index is 0.615. The summed E-state index contributed by atoms with van der Waals surface area (Å²) in [5, 5.41) is 0. The van der Waals surface area contributed by atoms with E-state index in [9.17, 15) is 0 Å². The van der Waals surface area contributed by atoms with Crippen molar-refractivity contribution >= 4 is 0 Å². The Kier molecular flexibility index (Phi) is 3.37. The van der Waals surface area contributed by atoms with Gasteiger partial charge in [-0.1, -0.05) is 48.5 Å². The average molecular weight is 211 g/mol. The fraction of sp³-hybridized carbons (Fsp3) is 0.200. The number of hydrogen-bond acceptors (Lipinski definition) is 1. The summed E-state index contributed by atoms with van der Waals surface area (Å²) < 4.78 is 0. The molecule has 1 heteroatoms. The van der Waals surface area contributed by atoms with Crippen LogP contribution in [0, 0.1) is 6.92 Å². The molecule has 16 heavy (non-hydrogen) atoms. The van der Waals surface area contributed by atoms with Gasteiger partial charge in [-0.05, 0) is 35.6 Å². The number of rotatable bonds is 3. The molecule has 1 nitrogen and oxygen atoms in total. The van der Waals surface area contributed by atoms with Crippen LogP contribution in [0.2, 0.25) is 0 Å². The molecule has 0 unspecified atom stereocenters. The topological polar surface area (TPSA) is 26.0 Å². The number of nitrogens with two attached hydrogens (primary N) is 1. The van der Waals surface area contributed by atoms with Crippen LogP contribution in [0.4, 0.5) is 0 Å². The molecule has 0 aliphatic heterocycles. The first-order valence-electron chi connectivity index (χ1n) is 5.62. The maximum atomic E-state index is 5.77. The first kappa shape index (κ1) is 10.9. The molecule has 0 atom stereocenters. The summed E-state index contributed by atoms with van der Waals surface area (Å²) in [6, 6.07) is 16.9. The third kappa shape index (κ3) is 2.31. The van der Waals surface area contributed by atoms with Gasteiger partial charge in [-0.15, -0.1) is 0 Å². The molecule has 0 aliphatic carbocycles. The molecular formula is C15H17N. The van der Waals surface area contributed by atoms with Gasteiger partial charge in [0.25, 0.3) is 0 Å². The van der Waals surface area contributed by atoms with Crippen molar-refractivity contribution in [3.63, 3.8) is 0 Å². The molecule has 0 saturated heterocycles.